The van der Waals surface area contributed by atoms with Crippen molar-refractivity contribution in [1.29, 1.82) is 0 Å². The van der Waals surface area contributed by atoms with Gasteiger partial charge >= 0.3 is 0 Å². The maximum absolute atomic E-state index is 7.84. The molecule has 48 valence electrons. The lowest BCUT2D eigenvalue weighted by Gasteiger charge is -1.78. The molecule has 0 heterocycles. The van der Waals surface area contributed by atoms with Crippen molar-refractivity contribution in [3.05, 3.63) is 35.2 Å². The minimum atomic E-state index is 0.529. The lowest BCUT2D eigenvalue weighted by molar-refractivity contribution is 0.992. The highest BCUT2D eigenvalue weighted by molar-refractivity contribution is 4.97. The lowest BCUT2D eigenvalue weighted by atomic mass is 10.4. The predicted octanol–water partition coefficient (Wildman–Crippen LogP) is 2.43. The van der Waals surface area contributed by atoms with Crippen LogP contribution in [0.3, 0.4) is 0 Å². The first kappa shape index (κ1) is 7.79. The van der Waals surface area contributed by atoms with Crippen LogP contribution in [0.25, 0.3) is 10.4 Å². The average molecular weight is 123 g/mol. The molecule has 0 aromatic carbocycles. The summed E-state index contributed by atoms with van der Waals surface area (Å²) in [6.45, 7) is 4.02. The van der Waals surface area contributed by atoms with Crippen molar-refractivity contribution in [2.24, 2.45) is 5.11 Å². The van der Waals surface area contributed by atoms with Gasteiger partial charge in [-0.25, -0.2) is 0 Å². The van der Waals surface area contributed by atoms with E-state index in [-0.39, 0.29) is 0 Å². The van der Waals surface area contributed by atoms with Crippen molar-refractivity contribution in [1.82, 2.24) is 0 Å². The third-order valence-corrected chi connectivity index (χ3v) is 0.731. The molecule has 3 nitrogen and oxygen atoms in total. The van der Waals surface area contributed by atoms with Gasteiger partial charge in [-0.15, -0.1) is 0 Å². The van der Waals surface area contributed by atoms with Crippen LogP contribution in [0.4, 0.5) is 0 Å². The number of azide groups is 1. The fraction of sp³-hybridized carbons (Fsp3) is 0.333. The van der Waals surface area contributed by atoms with E-state index in [1.54, 1.807) is 6.08 Å². The van der Waals surface area contributed by atoms with E-state index in [1.165, 1.54) is 0 Å². The van der Waals surface area contributed by atoms with Gasteiger partial charge in [0.05, 0.1) is 0 Å². The molecular formula is C6H9N3. The van der Waals surface area contributed by atoms with E-state index in [0.29, 0.717) is 6.54 Å². The molecule has 0 N–H and O–H groups in total. The zero-order valence-corrected chi connectivity index (χ0v) is 5.20. The van der Waals surface area contributed by atoms with Gasteiger partial charge in [-0.05, 0) is 12.0 Å². The summed E-state index contributed by atoms with van der Waals surface area (Å²) < 4.78 is 0. The van der Waals surface area contributed by atoms with E-state index >= 15 is 0 Å². The maximum Gasteiger partial charge on any atom is 0.0292 e. The van der Waals surface area contributed by atoms with Crippen molar-refractivity contribution < 1.29 is 0 Å². The van der Waals surface area contributed by atoms with E-state index in [2.05, 4.69) is 16.6 Å². The Balaban J connectivity index is 3.18. The summed E-state index contributed by atoms with van der Waals surface area (Å²) in [7, 11) is 0. The summed E-state index contributed by atoms with van der Waals surface area (Å²) in [5, 5.41) is 3.34. The van der Waals surface area contributed by atoms with Gasteiger partial charge in [0.2, 0.25) is 0 Å². The highest BCUT2D eigenvalue weighted by Gasteiger charge is 1.72. The van der Waals surface area contributed by atoms with E-state index in [4.69, 9.17) is 5.53 Å². The Labute approximate surface area is 54.3 Å². The molecule has 0 saturated carbocycles. The van der Waals surface area contributed by atoms with Crippen LogP contribution in [0.5, 0.6) is 0 Å². The van der Waals surface area contributed by atoms with E-state index in [9.17, 15) is 0 Å². The van der Waals surface area contributed by atoms with Crippen molar-refractivity contribution in [3.8, 4) is 0 Å². The Morgan fingerprint density at radius 1 is 1.67 bits per heavy atom. The lowest BCUT2D eigenvalue weighted by Crippen LogP contribution is -1.70. The molecule has 0 bridgehead atoms. The molecule has 0 saturated heterocycles. The van der Waals surface area contributed by atoms with Crippen molar-refractivity contribution in [2.75, 3.05) is 6.54 Å². The van der Waals surface area contributed by atoms with Gasteiger partial charge in [-0.1, -0.05) is 29.9 Å². The summed E-state index contributed by atoms with van der Waals surface area (Å²) in [5.41, 5.74) is 7.84. The molecule has 0 spiro atoms. The number of hydrogen-bond acceptors (Lipinski definition) is 1. The molecule has 3 heteroatoms. The molecule has 0 amide bonds. The normalized spacial score (nSPS) is 8.89. The molecule has 0 rings (SSSR count). The van der Waals surface area contributed by atoms with Crippen LogP contribution in [0.15, 0.2) is 29.9 Å². The molecule has 0 aliphatic carbocycles. The number of hydrogen-bond donors (Lipinski definition) is 0. The van der Waals surface area contributed by atoms with Gasteiger partial charge in [0.25, 0.3) is 0 Å². The summed E-state index contributed by atoms with van der Waals surface area (Å²) in [6.07, 6.45) is 6.21. The minimum absolute atomic E-state index is 0.529. The molecule has 0 unspecified atom stereocenters. The smallest absolute Gasteiger partial charge is 0.0292 e. The van der Waals surface area contributed by atoms with Crippen LogP contribution >= 0.6 is 0 Å². The topological polar surface area (TPSA) is 48.8 Å². The number of allylic oxidation sites excluding steroid dienone is 2. The van der Waals surface area contributed by atoms with Gasteiger partial charge in [0, 0.05) is 11.5 Å². The largest absolute Gasteiger partial charge is 0.0991 e. The molecule has 0 atom stereocenters. The third kappa shape index (κ3) is 6.79. The molecule has 9 heavy (non-hydrogen) atoms. The van der Waals surface area contributed by atoms with Crippen LogP contribution in [-0.4, -0.2) is 6.54 Å². The second kappa shape index (κ2) is 6.79. The number of nitrogens with zero attached hydrogens (tertiary/aromatic N) is 3. The second-order valence-electron chi connectivity index (χ2n) is 1.41. The molecule has 0 aromatic rings. The van der Waals surface area contributed by atoms with Crippen molar-refractivity contribution in [2.45, 2.75) is 6.42 Å². The highest BCUT2D eigenvalue weighted by atomic mass is 15.1. The molecule has 0 fully saturated rings. The number of rotatable bonds is 4. The quantitative estimate of drug-likeness (QED) is 0.181. The highest BCUT2D eigenvalue weighted by Crippen LogP contribution is 1.84. The SMILES string of the molecule is C=CC=CCCN=[N+]=[N-]. The minimum Gasteiger partial charge on any atom is -0.0991 e. The first-order chi connectivity index (χ1) is 4.41. The zero-order chi connectivity index (χ0) is 6.95. The van der Waals surface area contributed by atoms with E-state index in [0.717, 1.165) is 6.42 Å². The van der Waals surface area contributed by atoms with Gasteiger partial charge in [0.1, 0.15) is 0 Å². The van der Waals surface area contributed by atoms with Crippen LogP contribution in [0.2, 0.25) is 0 Å². The Bertz CT molecular complexity index is 142. The van der Waals surface area contributed by atoms with Crippen molar-refractivity contribution in [3.63, 3.8) is 0 Å². The Morgan fingerprint density at radius 2 is 2.44 bits per heavy atom. The van der Waals surface area contributed by atoms with Crippen LogP contribution in [-0.2, 0) is 0 Å². The van der Waals surface area contributed by atoms with Gasteiger partial charge in [-0.2, -0.15) is 0 Å². The third-order valence-electron chi connectivity index (χ3n) is 0.731. The van der Waals surface area contributed by atoms with Crippen LogP contribution in [0.1, 0.15) is 6.42 Å². The van der Waals surface area contributed by atoms with E-state index in [1.807, 2.05) is 12.2 Å². The maximum atomic E-state index is 7.84. The average Bonchev–Trinajstić information content (AvgIpc) is 1.89. The van der Waals surface area contributed by atoms with Crippen LogP contribution in [0, 0.1) is 0 Å². The van der Waals surface area contributed by atoms with Gasteiger partial charge < -0.3 is 0 Å². The summed E-state index contributed by atoms with van der Waals surface area (Å²) in [5.74, 6) is 0. The monoisotopic (exact) mass is 123 g/mol. The second-order valence-corrected chi connectivity index (χ2v) is 1.41. The fourth-order valence-electron chi connectivity index (χ4n) is 0.369. The Morgan fingerprint density at radius 3 is 3.00 bits per heavy atom. The van der Waals surface area contributed by atoms with E-state index < -0.39 is 0 Å². The Kier molecular flexibility index (Phi) is 5.88. The molecule has 0 radical (unpaired) electrons. The summed E-state index contributed by atoms with van der Waals surface area (Å²) >= 11 is 0. The first-order valence-electron chi connectivity index (χ1n) is 2.70. The molecular weight excluding hydrogens is 114 g/mol. The Hall–Kier alpha value is -1.21. The van der Waals surface area contributed by atoms with Crippen molar-refractivity contribution >= 4 is 0 Å². The summed E-state index contributed by atoms with van der Waals surface area (Å²) in [6, 6.07) is 0. The van der Waals surface area contributed by atoms with Gasteiger partial charge in [-0.3, -0.25) is 0 Å². The summed E-state index contributed by atoms with van der Waals surface area (Å²) in [4.78, 5) is 2.60. The molecule has 0 aliphatic rings. The first-order valence-corrected chi connectivity index (χ1v) is 2.70. The fourth-order valence-corrected chi connectivity index (χ4v) is 0.369. The molecule has 0 aliphatic heterocycles. The van der Waals surface area contributed by atoms with Gasteiger partial charge in [0.15, 0.2) is 0 Å². The predicted molar refractivity (Wildman–Crippen MR) is 38.0 cm³/mol. The van der Waals surface area contributed by atoms with Crippen LogP contribution < -0.4 is 0 Å². The standard InChI is InChI=1S/C6H9N3/c1-2-3-4-5-6-8-9-7/h2-4H,1,5-6H2. The molecule has 0 aromatic heterocycles. The zero-order valence-electron chi connectivity index (χ0n) is 5.20.